The van der Waals surface area contributed by atoms with Crippen molar-refractivity contribution < 1.29 is 9.59 Å². The summed E-state index contributed by atoms with van der Waals surface area (Å²) >= 11 is 0. The highest BCUT2D eigenvalue weighted by Gasteiger charge is 2.18. The van der Waals surface area contributed by atoms with Crippen LogP contribution in [-0.4, -0.2) is 27.5 Å². The SMILES string of the molecule is C[C@H](NC(=O)Nc1ccccc1)C(=O)N[C@@H](C)c1ccc(-n2ccnc2)cc1. The van der Waals surface area contributed by atoms with Crippen molar-refractivity contribution >= 4 is 17.6 Å². The van der Waals surface area contributed by atoms with Crippen molar-refractivity contribution in [2.24, 2.45) is 0 Å². The predicted octanol–water partition coefficient (Wildman–Crippen LogP) is 3.26. The van der Waals surface area contributed by atoms with Gasteiger partial charge in [-0.25, -0.2) is 9.78 Å². The fraction of sp³-hybridized carbons (Fsp3) is 0.190. The molecule has 0 aliphatic heterocycles. The van der Waals surface area contributed by atoms with E-state index in [0.717, 1.165) is 11.3 Å². The van der Waals surface area contributed by atoms with Gasteiger partial charge in [0.1, 0.15) is 6.04 Å². The molecule has 0 radical (unpaired) electrons. The number of rotatable bonds is 6. The van der Waals surface area contributed by atoms with Crippen molar-refractivity contribution in [3.63, 3.8) is 0 Å². The quantitative estimate of drug-likeness (QED) is 0.616. The molecule has 0 unspecified atom stereocenters. The second kappa shape index (κ2) is 8.85. The number of para-hydroxylation sites is 1. The van der Waals surface area contributed by atoms with Crippen molar-refractivity contribution in [1.29, 1.82) is 0 Å². The molecule has 0 saturated carbocycles. The van der Waals surface area contributed by atoms with Crippen LogP contribution in [0.1, 0.15) is 25.5 Å². The Labute approximate surface area is 163 Å². The van der Waals surface area contributed by atoms with Crippen LogP contribution in [0.25, 0.3) is 5.69 Å². The Kier molecular flexibility index (Phi) is 6.06. The van der Waals surface area contributed by atoms with Gasteiger partial charge >= 0.3 is 6.03 Å². The van der Waals surface area contributed by atoms with Crippen LogP contribution in [0, 0.1) is 0 Å². The fourth-order valence-electron chi connectivity index (χ4n) is 2.72. The van der Waals surface area contributed by atoms with Gasteiger partial charge in [0.2, 0.25) is 5.91 Å². The number of carbonyl (C=O) groups excluding carboxylic acids is 2. The van der Waals surface area contributed by atoms with Crippen LogP contribution in [0.5, 0.6) is 0 Å². The minimum atomic E-state index is -0.670. The lowest BCUT2D eigenvalue weighted by Gasteiger charge is -2.19. The molecule has 2 aromatic carbocycles. The molecule has 7 nitrogen and oxygen atoms in total. The summed E-state index contributed by atoms with van der Waals surface area (Å²) < 4.78 is 1.91. The minimum absolute atomic E-state index is 0.189. The first kappa shape index (κ1) is 19.2. The normalized spacial score (nSPS) is 12.6. The fourth-order valence-corrected chi connectivity index (χ4v) is 2.72. The van der Waals surface area contributed by atoms with E-state index in [1.54, 1.807) is 31.6 Å². The molecule has 2 atom stereocenters. The third kappa shape index (κ3) is 4.97. The van der Waals surface area contributed by atoms with Crippen molar-refractivity contribution in [2.75, 3.05) is 5.32 Å². The summed E-state index contributed by atoms with van der Waals surface area (Å²) in [6.07, 6.45) is 5.32. The van der Waals surface area contributed by atoms with Gasteiger partial charge in [0, 0.05) is 23.8 Å². The van der Waals surface area contributed by atoms with Crippen LogP contribution in [0.3, 0.4) is 0 Å². The van der Waals surface area contributed by atoms with Crippen molar-refractivity contribution in [2.45, 2.75) is 25.9 Å². The van der Waals surface area contributed by atoms with E-state index in [0.29, 0.717) is 5.69 Å². The molecule has 7 heteroatoms. The molecule has 1 aromatic heterocycles. The van der Waals surface area contributed by atoms with E-state index in [4.69, 9.17) is 0 Å². The van der Waals surface area contributed by atoms with Gasteiger partial charge in [0.05, 0.1) is 12.4 Å². The number of nitrogens with zero attached hydrogens (tertiary/aromatic N) is 2. The number of imidazole rings is 1. The van der Waals surface area contributed by atoms with Gasteiger partial charge in [-0.1, -0.05) is 30.3 Å². The lowest BCUT2D eigenvalue weighted by atomic mass is 10.1. The average Bonchev–Trinajstić information content (AvgIpc) is 3.23. The smallest absolute Gasteiger partial charge is 0.319 e. The summed E-state index contributed by atoms with van der Waals surface area (Å²) in [6.45, 7) is 3.55. The van der Waals surface area contributed by atoms with Crippen LogP contribution in [0.2, 0.25) is 0 Å². The number of amides is 3. The Balaban J connectivity index is 1.52. The zero-order chi connectivity index (χ0) is 19.9. The highest BCUT2D eigenvalue weighted by atomic mass is 16.2. The largest absolute Gasteiger partial charge is 0.348 e. The molecular weight excluding hydrogens is 354 g/mol. The van der Waals surface area contributed by atoms with E-state index in [2.05, 4.69) is 20.9 Å². The molecule has 3 N–H and O–H groups in total. The standard InChI is InChI=1S/C21H23N5O2/c1-15(17-8-10-19(11-9-17)26-13-12-22-14-26)23-20(27)16(2)24-21(28)25-18-6-4-3-5-7-18/h3-16H,1-2H3,(H,23,27)(H2,24,25,28)/t15-,16-/m0/s1. The van der Waals surface area contributed by atoms with E-state index in [9.17, 15) is 9.59 Å². The number of hydrogen-bond donors (Lipinski definition) is 3. The molecule has 144 valence electrons. The number of anilines is 1. The molecule has 0 saturated heterocycles. The number of benzene rings is 2. The minimum Gasteiger partial charge on any atom is -0.348 e. The zero-order valence-corrected chi connectivity index (χ0v) is 15.8. The van der Waals surface area contributed by atoms with Gasteiger partial charge in [-0.2, -0.15) is 0 Å². The first-order valence-corrected chi connectivity index (χ1v) is 9.04. The van der Waals surface area contributed by atoms with Crippen LogP contribution in [0.4, 0.5) is 10.5 Å². The van der Waals surface area contributed by atoms with E-state index in [-0.39, 0.29) is 11.9 Å². The molecule has 0 spiro atoms. The number of hydrogen-bond acceptors (Lipinski definition) is 3. The van der Waals surface area contributed by atoms with Gasteiger partial charge < -0.3 is 20.5 Å². The Hall–Kier alpha value is -3.61. The summed E-state index contributed by atoms with van der Waals surface area (Å²) in [5.74, 6) is -0.255. The molecule has 28 heavy (non-hydrogen) atoms. The summed E-state index contributed by atoms with van der Waals surface area (Å²) in [4.78, 5) is 28.5. The second-order valence-electron chi connectivity index (χ2n) is 6.48. The van der Waals surface area contributed by atoms with Crippen LogP contribution in [0.15, 0.2) is 73.3 Å². The van der Waals surface area contributed by atoms with Gasteiger partial charge in [-0.15, -0.1) is 0 Å². The Bertz CT molecular complexity index is 908. The first-order chi connectivity index (χ1) is 13.5. The van der Waals surface area contributed by atoms with Gasteiger partial charge in [-0.05, 0) is 43.7 Å². The van der Waals surface area contributed by atoms with E-state index in [1.165, 1.54) is 0 Å². The summed E-state index contributed by atoms with van der Waals surface area (Å²) in [5.41, 5.74) is 2.63. The molecule has 0 fully saturated rings. The Morgan fingerprint density at radius 3 is 2.32 bits per heavy atom. The van der Waals surface area contributed by atoms with Crippen LogP contribution < -0.4 is 16.0 Å². The maximum absolute atomic E-state index is 12.4. The second-order valence-corrected chi connectivity index (χ2v) is 6.48. The Morgan fingerprint density at radius 1 is 0.964 bits per heavy atom. The number of carbonyl (C=O) groups is 2. The maximum atomic E-state index is 12.4. The molecule has 0 bridgehead atoms. The van der Waals surface area contributed by atoms with Crippen LogP contribution in [-0.2, 0) is 4.79 Å². The molecule has 3 rings (SSSR count). The molecule has 3 amide bonds. The molecule has 1 heterocycles. The topological polar surface area (TPSA) is 88.0 Å². The molecule has 0 aliphatic carbocycles. The maximum Gasteiger partial charge on any atom is 0.319 e. The monoisotopic (exact) mass is 377 g/mol. The van der Waals surface area contributed by atoms with E-state index in [1.807, 2.05) is 60.2 Å². The predicted molar refractivity (Wildman–Crippen MR) is 108 cm³/mol. The zero-order valence-electron chi connectivity index (χ0n) is 15.8. The van der Waals surface area contributed by atoms with E-state index < -0.39 is 12.1 Å². The number of aromatic nitrogens is 2. The molecule has 0 aliphatic rings. The third-order valence-corrected chi connectivity index (χ3v) is 4.33. The van der Waals surface area contributed by atoms with Gasteiger partial charge in [0.15, 0.2) is 0 Å². The van der Waals surface area contributed by atoms with E-state index >= 15 is 0 Å². The highest BCUT2D eigenvalue weighted by Crippen LogP contribution is 2.16. The number of urea groups is 1. The van der Waals surface area contributed by atoms with Crippen molar-refractivity contribution in [1.82, 2.24) is 20.2 Å². The number of nitrogens with one attached hydrogen (secondary N) is 3. The lowest BCUT2D eigenvalue weighted by molar-refractivity contribution is -0.123. The van der Waals surface area contributed by atoms with Crippen molar-refractivity contribution in [3.8, 4) is 5.69 Å². The summed E-state index contributed by atoms with van der Waals surface area (Å²) in [6, 6.07) is 15.6. The lowest BCUT2D eigenvalue weighted by Crippen LogP contribution is -2.46. The average molecular weight is 377 g/mol. The van der Waals surface area contributed by atoms with Crippen molar-refractivity contribution in [3.05, 3.63) is 78.9 Å². The van der Waals surface area contributed by atoms with Gasteiger partial charge in [0.25, 0.3) is 0 Å². The first-order valence-electron chi connectivity index (χ1n) is 9.04. The third-order valence-electron chi connectivity index (χ3n) is 4.33. The summed E-state index contributed by atoms with van der Waals surface area (Å²) in [5, 5.41) is 8.25. The summed E-state index contributed by atoms with van der Waals surface area (Å²) in [7, 11) is 0. The Morgan fingerprint density at radius 2 is 1.68 bits per heavy atom. The van der Waals surface area contributed by atoms with Crippen LogP contribution >= 0.6 is 0 Å². The highest BCUT2D eigenvalue weighted by molar-refractivity contribution is 5.93. The van der Waals surface area contributed by atoms with Gasteiger partial charge in [-0.3, -0.25) is 4.79 Å². The molecule has 3 aromatic rings. The molecular formula is C21H23N5O2.